The van der Waals surface area contributed by atoms with Crippen molar-refractivity contribution in [2.45, 2.75) is 121 Å². The third-order valence-corrected chi connectivity index (χ3v) is 12.4. The van der Waals surface area contributed by atoms with Crippen LogP contribution in [0.4, 0.5) is 0 Å². The number of H-pyrrole nitrogens is 4. The molecule has 6 rings (SSSR count). The number of aryl methyl sites for hydroxylation is 2. The van der Waals surface area contributed by atoms with Crippen LogP contribution in [0.5, 0.6) is 0 Å². The van der Waals surface area contributed by atoms with Crippen LogP contribution in [0.15, 0.2) is 56.1 Å². The van der Waals surface area contributed by atoms with Gasteiger partial charge < -0.3 is 29.4 Å². The summed E-state index contributed by atoms with van der Waals surface area (Å²) in [7, 11) is 2.83. The molecule has 0 aliphatic carbocycles. The minimum absolute atomic E-state index is 0.200. The largest absolute Gasteiger partial charge is 0.469 e. The van der Waals surface area contributed by atoms with Gasteiger partial charge in [-0.25, -0.2) is 9.98 Å². The second kappa shape index (κ2) is 17.5. The van der Waals surface area contributed by atoms with Gasteiger partial charge in [-0.05, 0) is 159 Å². The second-order valence-electron chi connectivity index (χ2n) is 15.4. The zero-order valence-corrected chi connectivity index (χ0v) is 36.5. The maximum Gasteiger partial charge on any atom is 0.305 e. The van der Waals surface area contributed by atoms with Crippen LogP contribution in [0, 0.1) is 27.7 Å². The highest BCUT2D eigenvalue weighted by molar-refractivity contribution is 6.55. The lowest BCUT2D eigenvalue weighted by molar-refractivity contribution is -0.141. The number of aliphatic imine (C=N–C) groups is 2. The molecule has 0 saturated carbocycles. The van der Waals surface area contributed by atoms with Crippen LogP contribution in [0.3, 0.4) is 0 Å². The van der Waals surface area contributed by atoms with E-state index in [2.05, 4.69) is 114 Å². The number of carbonyl (C=O) groups is 2. The van der Waals surface area contributed by atoms with Crippen LogP contribution in [0.25, 0.3) is 34.9 Å². The summed E-state index contributed by atoms with van der Waals surface area (Å²) in [4.78, 5) is 50.4. The molecule has 2 aliphatic heterocycles. The number of hydrogen-bond acceptors (Lipinski definition) is 6. The van der Waals surface area contributed by atoms with Gasteiger partial charge in [-0.3, -0.25) is 9.59 Å². The molecule has 4 aromatic rings. The number of methoxy groups -OCH3 is 2. The number of carbonyl (C=O) groups excluding carboxylic acids is 2. The van der Waals surface area contributed by atoms with Crippen molar-refractivity contribution in [3.63, 3.8) is 0 Å². The highest BCUT2D eigenvalue weighted by Crippen LogP contribution is 2.40. The molecule has 0 bridgehead atoms. The van der Waals surface area contributed by atoms with E-state index < -0.39 is 0 Å². The third kappa shape index (κ3) is 7.68. The Labute approximate surface area is 343 Å². The van der Waals surface area contributed by atoms with E-state index in [1.54, 1.807) is 0 Å². The average molecular weight is 785 g/mol. The van der Waals surface area contributed by atoms with Crippen molar-refractivity contribution >= 4 is 35.5 Å². The van der Waals surface area contributed by atoms with Gasteiger partial charge in [0.2, 0.25) is 0 Å². The lowest BCUT2D eigenvalue weighted by atomic mass is 9.91. The average Bonchev–Trinajstić information content (AvgIpc) is 4.05. The van der Waals surface area contributed by atoms with E-state index in [9.17, 15) is 9.59 Å². The van der Waals surface area contributed by atoms with Crippen LogP contribution in [0.1, 0.15) is 123 Å². The van der Waals surface area contributed by atoms with Gasteiger partial charge in [-0.1, -0.05) is 27.7 Å². The Morgan fingerprint density at radius 3 is 1.26 bits per heavy atom. The molecule has 0 radical (unpaired) electrons. The van der Waals surface area contributed by atoms with E-state index in [4.69, 9.17) is 19.5 Å². The van der Waals surface area contributed by atoms with E-state index >= 15 is 0 Å². The number of hydrogen-bond donors (Lipinski definition) is 4. The number of nitrogens with one attached hydrogen (secondary N) is 4. The molecule has 0 aromatic carbocycles. The lowest BCUT2D eigenvalue weighted by Crippen LogP contribution is -2.18. The molecule has 4 N–H and O–H groups in total. The van der Waals surface area contributed by atoms with E-state index in [-0.39, 0.29) is 24.8 Å². The predicted octanol–water partition coefficient (Wildman–Crippen LogP) is 10.6. The zero-order valence-electron chi connectivity index (χ0n) is 36.5. The first-order chi connectivity index (χ1) is 27.8. The van der Waals surface area contributed by atoms with Gasteiger partial charge >= 0.3 is 11.9 Å². The van der Waals surface area contributed by atoms with E-state index in [1.807, 2.05) is 0 Å². The summed E-state index contributed by atoms with van der Waals surface area (Å²) in [6.07, 6.45) is 13.4. The van der Waals surface area contributed by atoms with Crippen LogP contribution < -0.4 is 0 Å². The van der Waals surface area contributed by atoms with Crippen molar-refractivity contribution in [3.8, 4) is 22.8 Å². The predicted molar refractivity (Wildman–Crippen MR) is 236 cm³/mol. The van der Waals surface area contributed by atoms with Crippen molar-refractivity contribution in [1.29, 1.82) is 0 Å². The Hall–Kier alpha value is -5.64. The SMILES string of the molecule is CCc1c[nH]c(-c2[nH]c(C=C3N=C(C4=N/C(=C\c5[nH]c(-c6[nH]cc(CC)c6C)c(C)c5CC)C(C)=C4CCC(=O)OC)C(CCC(=O)OC)=C3C)c(CC)c2C)c1C. The fraction of sp³-hybridized carbons (Fsp3) is 0.417. The first-order valence-electron chi connectivity index (χ1n) is 20.7. The number of nitrogens with zero attached hydrogens (tertiary/aromatic N) is 2. The van der Waals surface area contributed by atoms with Crippen molar-refractivity contribution in [2.24, 2.45) is 9.98 Å². The molecule has 0 saturated heterocycles. The minimum atomic E-state index is -0.289. The number of aromatic nitrogens is 4. The molecule has 2 aliphatic rings. The topological polar surface area (TPSA) is 140 Å². The molecule has 0 amide bonds. The van der Waals surface area contributed by atoms with Crippen LogP contribution in [-0.2, 0) is 44.7 Å². The van der Waals surface area contributed by atoms with E-state index in [0.717, 1.165) is 105 Å². The Morgan fingerprint density at radius 2 is 0.948 bits per heavy atom. The van der Waals surface area contributed by atoms with Gasteiger partial charge in [-0.15, -0.1) is 0 Å². The molecule has 10 heteroatoms. The number of aromatic amines is 4. The summed E-state index contributed by atoms with van der Waals surface area (Å²) in [6, 6.07) is 0. The molecule has 4 aromatic heterocycles. The first-order valence-corrected chi connectivity index (χ1v) is 20.7. The molecular formula is C48H60N6O4. The van der Waals surface area contributed by atoms with Crippen molar-refractivity contribution in [1.82, 2.24) is 19.9 Å². The molecule has 0 unspecified atom stereocenters. The van der Waals surface area contributed by atoms with Gasteiger partial charge in [0.1, 0.15) is 0 Å². The van der Waals surface area contributed by atoms with Gasteiger partial charge in [0.25, 0.3) is 0 Å². The Balaban J connectivity index is 1.50. The lowest BCUT2D eigenvalue weighted by Gasteiger charge is -2.11. The standard InChI is InChI=1S/C48H60N6O4/c1-13-31-23-49-43(25(31)5)45-29(9)33(15-3)39(53-45)21-37-27(7)35(17-19-41(55)57-11)47(51-37)48-36(18-20-42(56)58-12)28(8)38(52-48)22-40-34(16-4)30(10)46(54-40)44-26(6)32(14-2)24-50-44/h21-24,49-50,53-54H,13-20H2,1-12H3/b37-21-,38-22?. The molecule has 306 valence electrons. The van der Waals surface area contributed by atoms with E-state index in [1.165, 1.54) is 58.7 Å². The molecule has 6 heterocycles. The Kier molecular flexibility index (Phi) is 12.6. The van der Waals surface area contributed by atoms with Crippen LogP contribution in [0.2, 0.25) is 0 Å². The summed E-state index contributed by atoms with van der Waals surface area (Å²) in [6.45, 7) is 21.5. The van der Waals surface area contributed by atoms with Crippen LogP contribution in [-0.4, -0.2) is 57.5 Å². The highest BCUT2D eigenvalue weighted by Gasteiger charge is 2.33. The second-order valence-corrected chi connectivity index (χ2v) is 15.4. The maximum atomic E-state index is 12.6. The number of allylic oxidation sites excluding steroid dienone is 4. The van der Waals surface area contributed by atoms with Gasteiger partial charge in [-0.2, -0.15) is 0 Å². The van der Waals surface area contributed by atoms with Gasteiger partial charge in [0, 0.05) is 36.6 Å². The zero-order chi connectivity index (χ0) is 42.0. The number of esters is 2. The van der Waals surface area contributed by atoms with Gasteiger partial charge in [0.05, 0.1) is 59.8 Å². The molecule has 0 atom stereocenters. The summed E-state index contributed by atoms with van der Waals surface area (Å²) in [5.41, 5.74) is 23.3. The summed E-state index contributed by atoms with van der Waals surface area (Å²) in [5, 5.41) is 0. The molecule has 0 fully saturated rings. The first kappa shape index (κ1) is 42.0. The normalized spacial score (nSPS) is 15.7. The van der Waals surface area contributed by atoms with Crippen molar-refractivity contribution < 1.29 is 19.1 Å². The third-order valence-electron chi connectivity index (χ3n) is 12.4. The van der Waals surface area contributed by atoms with Crippen molar-refractivity contribution in [2.75, 3.05) is 14.2 Å². The van der Waals surface area contributed by atoms with Crippen LogP contribution >= 0.6 is 0 Å². The summed E-state index contributed by atoms with van der Waals surface area (Å²) >= 11 is 0. The highest BCUT2D eigenvalue weighted by atomic mass is 16.5. The molecule has 0 spiro atoms. The number of ether oxygens (including phenoxy) is 2. The molecule has 58 heavy (non-hydrogen) atoms. The summed E-state index contributed by atoms with van der Waals surface area (Å²) in [5.74, 6) is -0.578. The smallest absolute Gasteiger partial charge is 0.305 e. The van der Waals surface area contributed by atoms with Gasteiger partial charge in [0.15, 0.2) is 0 Å². The molecular weight excluding hydrogens is 725 g/mol. The monoisotopic (exact) mass is 784 g/mol. The number of rotatable bonds is 15. The van der Waals surface area contributed by atoms with Crippen molar-refractivity contribution in [3.05, 3.63) is 102 Å². The Morgan fingerprint density at radius 1 is 0.569 bits per heavy atom. The maximum absolute atomic E-state index is 12.6. The Bertz CT molecular complexity index is 2290. The summed E-state index contributed by atoms with van der Waals surface area (Å²) < 4.78 is 10.2. The molecule has 10 nitrogen and oxygen atoms in total. The van der Waals surface area contributed by atoms with E-state index in [0.29, 0.717) is 12.8 Å². The fourth-order valence-electron chi connectivity index (χ4n) is 8.72. The minimum Gasteiger partial charge on any atom is -0.469 e. The fourth-order valence-corrected chi connectivity index (χ4v) is 8.72. The quantitative estimate of drug-likeness (QED) is 0.0891.